The van der Waals surface area contributed by atoms with Crippen molar-refractivity contribution in [3.05, 3.63) is 86.4 Å². The predicted octanol–water partition coefficient (Wildman–Crippen LogP) is 6.53. The molecule has 0 saturated carbocycles. The number of thiocarbonyl (C=S) groups is 1. The van der Waals surface area contributed by atoms with Crippen LogP contribution in [0.4, 0.5) is 11.4 Å². The second kappa shape index (κ2) is 10.9. The van der Waals surface area contributed by atoms with Crippen molar-refractivity contribution in [2.45, 2.75) is 40.8 Å². The lowest BCUT2D eigenvalue weighted by Gasteiger charge is -2.12. The molecule has 10 heteroatoms. The predicted molar refractivity (Wildman–Crippen MR) is 151 cm³/mol. The standard InChI is InChI=1S/C26H28Cl2N6OS/c1-15-24(17(3)33(31-15)13-19-7-6-8-22(11-19)35-5)29-26(36)30-25-16(2)32-34(18(25)4)14-20-9-10-21(27)12-23(20)28/h6-12H,13-14H2,1-5H3,(H2,29,30,36). The van der Waals surface area contributed by atoms with Crippen molar-refractivity contribution in [3.8, 4) is 5.75 Å². The molecular weight excluding hydrogens is 515 g/mol. The summed E-state index contributed by atoms with van der Waals surface area (Å²) in [5, 5.41) is 17.7. The van der Waals surface area contributed by atoms with Crippen LogP contribution >= 0.6 is 35.4 Å². The number of nitrogens with one attached hydrogen (secondary N) is 2. The Morgan fingerprint density at radius 1 is 0.889 bits per heavy atom. The van der Waals surface area contributed by atoms with Crippen molar-refractivity contribution in [2.75, 3.05) is 17.7 Å². The van der Waals surface area contributed by atoms with E-state index in [2.05, 4.69) is 21.8 Å². The number of hydrogen-bond acceptors (Lipinski definition) is 4. The molecule has 188 valence electrons. The first-order valence-electron chi connectivity index (χ1n) is 11.4. The minimum Gasteiger partial charge on any atom is -0.497 e. The zero-order valence-electron chi connectivity index (χ0n) is 20.8. The highest BCUT2D eigenvalue weighted by Gasteiger charge is 2.17. The van der Waals surface area contributed by atoms with Gasteiger partial charge in [0.1, 0.15) is 5.75 Å². The van der Waals surface area contributed by atoms with E-state index in [1.807, 2.05) is 67.4 Å². The highest BCUT2D eigenvalue weighted by Crippen LogP contribution is 2.26. The molecule has 2 N–H and O–H groups in total. The first-order chi connectivity index (χ1) is 17.2. The Bertz CT molecular complexity index is 1430. The minimum absolute atomic E-state index is 0.470. The Morgan fingerprint density at radius 3 is 2.08 bits per heavy atom. The number of aromatic nitrogens is 4. The number of ether oxygens (including phenoxy) is 1. The molecule has 0 saturated heterocycles. The fourth-order valence-corrected chi connectivity index (χ4v) is 4.75. The van der Waals surface area contributed by atoms with E-state index in [4.69, 9.17) is 45.3 Å². The zero-order valence-corrected chi connectivity index (χ0v) is 23.1. The summed E-state index contributed by atoms with van der Waals surface area (Å²) in [5.74, 6) is 0.822. The monoisotopic (exact) mass is 542 g/mol. The number of aryl methyl sites for hydroxylation is 2. The van der Waals surface area contributed by atoms with Gasteiger partial charge in [-0.1, -0.05) is 41.4 Å². The third-order valence-electron chi connectivity index (χ3n) is 6.04. The molecule has 0 spiro atoms. The summed E-state index contributed by atoms with van der Waals surface area (Å²) in [6.07, 6.45) is 0. The summed E-state index contributed by atoms with van der Waals surface area (Å²) in [7, 11) is 1.67. The van der Waals surface area contributed by atoms with Gasteiger partial charge in [0.25, 0.3) is 0 Å². The maximum Gasteiger partial charge on any atom is 0.175 e. The lowest BCUT2D eigenvalue weighted by Crippen LogP contribution is -2.21. The number of rotatable bonds is 7. The second-order valence-corrected chi connectivity index (χ2v) is 9.83. The Balaban J connectivity index is 1.48. The van der Waals surface area contributed by atoms with E-state index in [1.54, 1.807) is 13.2 Å². The van der Waals surface area contributed by atoms with Gasteiger partial charge in [-0.3, -0.25) is 9.36 Å². The number of hydrogen-bond donors (Lipinski definition) is 2. The third kappa shape index (κ3) is 5.67. The minimum atomic E-state index is 0.470. The van der Waals surface area contributed by atoms with Crippen LogP contribution in [0.2, 0.25) is 10.0 Å². The van der Waals surface area contributed by atoms with Gasteiger partial charge >= 0.3 is 0 Å². The van der Waals surface area contributed by atoms with Crippen LogP contribution in [0.25, 0.3) is 0 Å². The molecule has 0 aliphatic rings. The molecule has 36 heavy (non-hydrogen) atoms. The molecule has 2 aromatic heterocycles. The van der Waals surface area contributed by atoms with Crippen LogP contribution in [0.1, 0.15) is 33.9 Å². The normalized spacial score (nSPS) is 11.0. The van der Waals surface area contributed by atoms with Crippen molar-refractivity contribution < 1.29 is 4.74 Å². The van der Waals surface area contributed by atoms with Crippen LogP contribution in [-0.4, -0.2) is 31.8 Å². The average molecular weight is 544 g/mol. The van der Waals surface area contributed by atoms with Gasteiger partial charge in [-0.2, -0.15) is 10.2 Å². The highest BCUT2D eigenvalue weighted by molar-refractivity contribution is 7.80. The Morgan fingerprint density at radius 2 is 1.50 bits per heavy atom. The summed E-state index contributed by atoms with van der Waals surface area (Å²) in [4.78, 5) is 0. The molecule has 0 radical (unpaired) electrons. The van der Waals surface area contributed by atoms with Crippen LogP contribution in [0, 0.1) is 27.7 Å². The molecule has 0 atom stereocenters. The Kier molecular flexibility index (Phi) is 7.88. The van der Waals surface area contributed by atoms with Crippen molar-refractivity contribution in [1.29, 1.82) is 0 Å². The molecule has 4 aromatic rings. The number of halogens is 2. The van der Waals surface area contributed by atoms with Gasteiger partial charge in [-0.05, 0) is 75.3 Å². The molecule has 0 aliphatic carbocycles. The largest absolute Gasteiger partial charge is 0.497 e. The molecule has 0 amide bonds. The molecule has 0 unspecified atom stereocenters. The van der Waals surface area contributed by atoms with E-state index in [0.717, 1.165) is 51.0 Å². The first kappa shape index (κ1) is 26.0. The van der Waals surface area contributed by atoms with Gasteiger partial charge in [-0.15, -0.1) is 0 Å². The zero-order chi connectivity index (χ0) is 26.0. The third-order valence-corrected chi connectivity index (χ3v) is 6.83. The first-order valence-corrected chi connectivity index (χ1v) is 12.6. The number of methoxy groups -OCH3 is 1. The number of nitrogens with zero attached hydrogens (tertiary/aromatic N) is 4. The van der Waals surface area contributed by atoms with Crippen molar-refractivity contribution in [2.24, 2.45) is 0 Å². The molecule has 2 aromatic carbocycles. The maximum atomic E-state index is 6.36. The van der Waals surface area contributed by atoms with E-state index in [-0.39, 0.29) is 0 Å². The molecule has 4 rings (SSSR count). The van der Waals surface area contributed by atoms with Crippen LogP contribution < -0.4 is 15.4 Å². The summed E-state index contributed by atoms with van der Waals surface area (Å²) in [6.45, 7) is 9.09. The summed E-state index contributed by atoms with van der Waals surface area (Å²) >= 11 is 18.0. The van der Waals surface area contributed by atoms with Crippen LogP contribution in [0.5, 0.6) is 5.75 Å². The van der Waals surface area contributed by atoms with E-state index in [0.29, 0.717) is 28.2 Å². The van der Waals surface area contributed by atoms with Crippen molar-refractivity contribution >= 4 is 51.9 Å². The topological polar surface area (TPSA) is 68.9 Å². The van der Waals surface area contributed by atoms with Crippen LogP contribution in [0.15, 0.2) is 42.5 Å². The Labute approximate surface area is 226 Å². The maximum absolute atomic E-state index is 6.36. The van der Waals surface area contributed by atoms with Gasteiger partial charge < -0.3 is 15.4 Å². The van der Waals surface area contributed by atoms with Gasteiger partial charge in [0.2, 0.25) is 0 Å². The molecule has 0 aliphatic heterocycles. The fourth-order valence-electron chi connectivity index (χ4n) is 4.08. The van der Waals surface area contributed by atoms with Gasteiger partial charge in [0, 0.05) is 10.0 Å². The lowest BCUT2D eigenvalue weighted by atomic mass is 10.2. The summed E-state index contributed by atoms with van der Waals surface area (Å²) in [6, 6.07) is 13.4. The number of anilines is 2. The molecule has 0 bridgehead atoms. The van der Waals surface area contributed by atoms with Crippen molar-refractivity contribution in [1.82, 2.24) is 19.6 Å². The van der Waals surface area contributed by atoms with Gasteiger partial charge in [0.15, 0.2) is 5.11 Å². The molecule has 0 fully saturated rings. The quantitative estimate of drug-likeness (QED) is 0.258. The molecule has 2 heterocycles. The molecule has 7 nitrogen and oxygen atoms in total. The van der Waals surface area contributed by atoms with Gasteiger partial charge in [0.05, 0.1) is 54.3 Å². The summed E-state index contributed by atoms with van der Waals surface area (Å²) < 4.78 is 9.20. The SMILES string of the molecule is COc1cccc(Cn2nc(C)c(NC(=S)Nc3c(C)nn(Cc4ccc(Cl)cc4Cl)c3C)c2C)c1. The van der Waals surface area contributed by atoms with E-state index in [1.165, 1.54) is 0 Å². The van der Waals surface area contributed by atoms with E-state index in [9.17, 15) is 0 Å². The van der Waals surface area contributed by atoms with Crippen LogP contribution in [0.3, 0.4) is 0 Å². The fraction of sp³-hybridized carbons (Fsp3) is 0.269. The average Bonchev–Trinajstić information content (AvgIpc) is 3.25. The van der Waals surface area contributed by atoms with E-state index < -0.39 is 0 Å². The molecular formula is C26H28Cl2N6OS. The second-order valence-electron chi connectivity index (χ2n) is 8.57. The number of benzene rings is 2. The van der Waals surface area contributed by atoms with Crippen molar-refractivity contribution in [3.63, 3.8) is 0 Å². The van der Waals surface area contributed by atoms with E-state index >= 15 is 0 Å². The van der Waals surface area contributed by atoms with Gasteiger partial charge in [-0.25, -0.2) is 0 Å². The van der Waals surface area contributed by atoms with Crippen LogP contribution in [-0.2, 0) is 13.1 Å². The summed E-state index contributed by atoms with van der Waals surface area (Å²) in [5.41, 5.74) is 7.42. The highest BCUT2D eigenvalue weighted by atomic mass is 35.5. The Hall–Kier alpha value is -3.07. The lowest BCUT2D eigenvalue weighted by molar-refractivity contribution is 0.414. The smallest absolute Gasteiger partial charge is 0.175 e.